The lowest BCUT2D eigenvalue weighted by Gasteiger charge is -2.34. The Hall–Kier alpha value is -1.71. The Morgan fingerprint density at radius 2 is 2.11 bits per heavy atom. The summed E-state index contributed by atoms with van der Waals surface area (Å²) >= 11 is 0. The number of nitrogens with one attached hydrogen (secondary N) is 1. The Kier molecular flexibility index (Phi) is 3.98. The Morgan fingerprint density at radius 1 is 1.37 bits per heavy atom. The molecule has 19 heavy (non-hydrogen) atoms. The zero-order valence-corrected chi connectivity index (χ0v) is 11.5. The van der Waals surface area contributed by atoms with E-state index in [4.69, 9.17) is 10.8 Å². The van der Waals surface area contributed by atoms with Gasteiger partial charge in [0.05, 0.1) is 16.9 Å². The van der Waals surface area contributed by atoms with Crippen LogP contribution in [0.2, 0.25) is 0 Å². The van der Waals surface area contributed by atoms with E-state index in [-0.39, 0.29) is 5.56 Å². The number of nitrogens with two attached hydrogens (primary N) is 1. The fourth-order valence-electron chi connectivity index (χ4n) is 2.96. The Bertz CT molecular complexity index is 473. The molecule has 2 rings (SSSR count). The second-order valence-electron chi connectivity index (χ2n) is 5.72. The normalized spacial score (nSPS) is 26.9. The molecule has 1 aromatic carbocycles. The molecule has 3 unspecified atom stereocenters. The highest BCUT2D eigenvalue weighted by atomic mass is 16.4. The number of benzene rings is 1. The first-order valence-electron chi connectivity index (χ1n) is 6.87. The lowest BCUT2D eigenvalue weighted by molar-refractivity contribution is 0.0698. The van der Waals surface area contributed by atoms with Crippen molar-refractivity contribution in [2.75, 3.05) is 11.1 Å². The van der Waals surface area contributed by atoms with Gasteiger partial charge in [-0.25, -0.2) is 4.79 Å². The third-order valence-electron chi connectivity index (χ3n) is 4.11. The van der Waals surface area contributed by atoms with Crippen molar-refractivity contribution >= 4 is 17.3 Å². The lowest BCUT2D eigenvalue weighted by Crippen LogP contribution is -2.33. The van der Waals surface area contributed by atoms with E-state index in [9.17, 15) is 4.79 Å². The molecule has 0 spiro atoms. The predicted molar refractivity (Wildman–Crippen MR) is 77.4 cm³/mol. The molecule has 1 fully saturated rings. The maximum atomic E-state index is 11.1. The van der Waals surface area contributed by atoms with Crippen molar-refractivity contribution in [3.8, 4) is 0 Å². The van der Waals surface area contributed by atoms with Crippen LogP contribution in [0.1, 0.15) is 43.5 Å². The minimum Gasteiger partial charge on any atom is -0.478 e. The number of aromatic carboxylic acids is 1. The van der Waals surface area contributed by atoms with E-state index in [1.165, 1.54) is 18.9 Å². The monoisotopic (exact) mass is 262 g/mol. The van der Waals surface area contributed by atoms with Crippen LogP contribution < -0.4 is 11.1 Å². The van der Waals surface area contributed by atoms with Crippen molar-refractivity contribution < 1.29 is 9.90 Å². The molecule has 1 aliphatic carbocycles. The number of carboxylic acid groups (broad SMARTS) is 1. The molecule has 0 amide bonds. The average Bonchev–Trinajstić information content (AvgIpc) is 2.34. The minimum absolute atomic E-state index is 0.168. The number of rotatable bonds is 3. The van der Waals surface area contributed by atoms with Gasteiger partial charge in [0.15, 0.2) is 0 Å². The SMILES string of the molecule is CC1CCC(Nc2cccc(C(=O)O)c2N)C(C)C1. The van der Waals surface area contributed by atoms with Gasteiger partial charge >= 0.3 is 5.97 Å². The highest BCUT2D eigenvalue weighted by Gasteiger charge is 2.25. The molecule has 0 radical (unpaired) electrons. The molecule has 1 aliphatic rings. The number of anilines is 2. The Labute approximate surface area is 114 Å². The zero-order valence-electron chi connectivity index (χ0n) is 11.5. The molecule has 1 saturated carbocycles. The molecule has 1 aromatic rings. The first kappa shape index (κ1) is 13.7. The topological polar surface area (TPSA) is 75.3 Å². The molecule has 0 heterocycles. The van der Waals surface area contributed by atoms with Gasteiger partial charge in [0.25, 0.3) is 0 Å². The maximum Gasteiger partial charge on any atom is 0.337 e. The molecule has 0 bridgehead atoms. The van der Waals surface area contributed by atoms with E-state index < -0.39 is 5.97 Å². The van der Waals surface area contributed by atoms with Crippen LogP contribution in [0.25, 0.3) is 0 Å². The number of hydrogen-bond acceptors (Lipinski definition) is 3. The summed E-state index contributed by atoms with van der Waals surface area (Å²) in [6.07, 6.45) is 3.52. The van der Waals surface area contributed by atoms with Gasteiger partial charge in [-0.1, -0.05) is 19.9 Å². The van der Waals surface area contributed by atoms with Crippen LogP contribution in [0.4, 0.5) is 11.4 Å². The zero-order chi connectivity index (χ0) is 14.0. The summed E-state index contributed by atoms with van der Waals surface area (Å²) in [6, 6.07) is 5.50. The number of nitrogen functional groups attached to an aromatic ring is 1. The van der Waals surface area contributed by atoms with Crippen LogP contribution in [0.5, 0.6) is 0 Å². The fourth-order valence-corrected chi connectivity index (χ4v) is 2.96. The molecule has 0 saturated heterocycles. The molecule has 3 atom stereocenters. The van der Waals surface area contributed by atoms with Crippen molar-refractivity contribution in [3.63, 3.8) is 0 Å². The van der Waals surface area contributed by atoms with E-state index in [1.54, 1.807) is 6.07 Å². The van der Waals surface area contributed by atoms with E-state index >= 15 is 0 Å². The quantitative estimate of drug-likeness (QED) is 0.731. The minimum atomic E-state index is -0.980. The highest BCUT2D eigenvalue weighted by molar-refractivity contribution is 5.97. The predicted octanol–water partition coefficient (Wildman–Crippen LogP) is 3.20. The van der Waals surface area contributed by atoms with E-state index in [1.807, 2.05) is 6.07 Å². The van der Waals surface area contributed by atoms with Crippen LogP contribution in [-0.2, 0) is 0 Å². The van der Waals surface area contributed by atoms with Crippen molar-refractivity contribution in [2.45, 2.75) is 39.2 Å². The standard InChI is InChI=1S/C15H22N2O2/c1-9-6-7-12(10(2)8-9)17-13-5-3-4-11(14(13)16)15(18)19/h3-5,9-10,12,17H,6-8,16H2,1-2H3,(H,18,19). The van der Waals surface area contributed by atoms with Gasteiger partial charge in [0.2, 0.25) is 0 Å². The maximum absolute atomic E-state index is 11.1. The summed E-state index contributed by atoms with van der Waals surface area (Å²) in [6.45, 7) is 4.52. The second-order valence-corrected chi connectivity index (χ2v) is 5.72. The number of para-hydroxylation sites is 1. The molecular weight excluding hydrogens is 240 g/mol. The Morgan fingerprint density at radius 3 is 2.74 bits per heavy atom. The number of carboxylic acids is 1. The fraction of sp³-hybridized carbons (Fsp3) is 0.533. The largest absolute Gasteiger partial charge is 0.478 e. The molecular formula is C15H22N2O2. The van der Waals surface area contributed by atoms with Crippen LogP contribution >= 0.6 is 0 Å². The van der Waals surface area contributed by atoms with Gasteiger partial charge in [0, 0.05) is 6.04 Å². The molecule has 4 heteroatoms. The van der Waals surface area contributed by atoms with Crippen LogP contribution in [-0.4, -0.2) is 17.1 Å². The summed E-state index contributed by atoms with van der Waals surface area (Å²) in [4.78, 5) is 11.1. The molecule has 4 N–H and O–H groups in total. The summed E-state index contributed by atoms with van der Waals surface area (Å²) in [5, 5.41) is 12.5. The smallest absolute Gasteiger partial charge is 0.337 e. The average molecular weight is 262 g/mol. The third-order valence-corrected chi connectivity index (χ3v) is 4.11. The molecule has 4 nitrogen and oxygen atoms in total. The summed E-state index contributed by atoms with van der Waals surface area (Å²) in [5.74, 6) is 0.374. The van der Waals surface area contributed by atoms with Crippen LogP contribution in [0, 0.1) is 11.8 Å². The van der Waals surface area contributed by atoms with Crippen molar-refractivity contribution in [2.24, 2.45) is 11.8 Å². The van der Waals surface area contributed by atoms with Gasteiger partial charge < -0.3 is 16.2 Å². The van der Waals surface area contributed by atoms with E-state index in [0.717, 1.165) is 18.0 Å². The van der Waals surface area contributed by atoms with E-state index in [0.29, 0.717) is 17.6 Å². The summed E-state index contributed by atoms with van der Waals surface area (Å²) < 4.78 is 0. The molecule has 0 aliphatic heterocycles. The van der Waals surface area contributed by atoms with Gasteiger partial charge in [-0.15, -0.1) is 0 Å². The molecule has 0 aromatic heterocycles. The van der Waals surface area contributed by atoms with Gasteiger partial charge in [-0.05, 0) is 43.2 Å². The molecule has 104 valence electrons. The van der Waals surface area contributed by atoms with Crippen LogP contribution in [0.15, 0.2) is 18.2 Å². The van der Waals surface area contributed by atoms with Crippen molar-refractivity contribution in [3.05, 3.63) is 23.8 Å². The van der Waals surface area contributed by atoms with Crippen molar-refractivity contribution in [1.29, 1.82) is 0 Å². The first-order valence-corrected chi connectivity index (χ1v) is 6.87. The summed E-state index contributed by atoms with van der Waals surface area (Å²) in [7, 11) is 0. The van der Waals surface area contributed by atoms with E-state index in [2.05, 4.69) is 19.2 Å². The summed E-state index contributed by atoms with van der Waals surface area (Å²) in [5.41, 5.74) is 7.18. The second kappa shape index (κ2) is 5.51. The number of carbonyl (C=O) groups is 1. The van der Waals surface area contributed by atoms with Gasteiger partial charge in [0.1, 0.15) is 0 Å². The first-order chi connectivity index (χ1) is 8.99. The lowest BCUT2D eigenvalue weighted by atomic mass is 9.80. The highest BCUT2D eigenvalue weighted by Crippen LogP contribution is 2.32. The van der Waals surface area contributed by atoms with Gasteiger partial charge in [-0.2, -0.15) is 0 Å². The van der Waals surface area contributed by atoms with Gasteiger partial charge in [-0.3, -0.25) is 0 Å². The van der Waals surface area contributed by atoms with Crippen molar-refractivity contribution in [1.82, 2.24) is 0 Å². The number of hydrogen-bond donors (Lipinski definition) is 3. The van der Waals surface area contributed by atoms with Crippen LogP contribution in [0.3, 0.4) is 0 Å². The Balaban J connectivity index is 2.15. The third kappa shape index (κ3) is 3.00.